The average molecular weight is 442 g/mol. The number of nitriles is 1. The minimum absolute atomic E-state index is 0.124. The largest absolute Gasteiger partial charge is 0.465 e. The highest BCUT2D eigenvalue weighted by Crippen LogP contribution is 2.38. The van der Waals surface area contributed by atoms with Gasteiger partial charge in [-0.1, -0.05) is 0 Å². The maximum absolute atomic E-state index is 13.2. The van der Waals surface area contributed by atoms with Gasteiger partial charge in [0.2, 0.25) is 0 Å². The van der Waals surface area contributed by atoms with E-state index in [9.17, 15) is 24.3 Å². The summed E-state index contributed by atoms with van der Waals surface area (Å²) in [7, 11) is 0. The molecule has 3 rings (SSSR count). The van der Waals surface area contributed by atoms with E-state index in [0.717, 1.165) is 0 Å². The number of hydrogen-bond acceptors (Lipinski definition) is 5. The quantitative estimate of drug-likeness (QED) is 0.643. The Hall–Kier alpha value is -3.61. The highest BCUT2D eigenvalue weighted by atomic mass is 19.1. The van der Waals surface area contributed by atoms with Crippen LogP contribution in [-0.4, -0.2) is 43.4 Å². The van der Waals surface area contributed by atoms with Crippen molar-refractivity contribution in [1.82, 2.24) is 14.7 Å². The number of aromatic nitrogens is 2. The first-order chi connectivity index (χ1) is 15.0. The lowest BCUT2D eigenvalue weighted by Crippen LogP contribution is -2.53. The number of halogens is 1. The van der Waals surface area contributed by atoms with Gasteiger partial charge >= 0.3 is 6.09 Å². The van der Waals surface area contributed by atoms with Crippen LogP contribution in [0, 0.1) is 23.1 Å². The molecule has 2 amide bonds. The molecular formula is C22H27FN6O3. The Kier molecular flexibility index (Phi) is 6.39. The molecule has 0 bridgehead atoms. The van der Waals surface area contributed by atoms with Crippen LogP contribution in [0.15, 0.2) is 30.5 Å². The summed E-state index contributed by atoms with van der Waals surface area (Å²) >= 11 is 0. The fraction of sp³-hybridized carbons (Fsp3) is 0.455. The van der Waals surface area contributed by atoms with Crippen LogP contribution < -0.4 is 11.1 Å². The number of carbonyl (C=O) groups is 2. The number of benzene rings is 1. The Bertz CT molecular complexity index is 1040. The highest BCUT2D eigenvalue weighted by Gasteiger charge is 2.41. The second kappa shape index (κ2) is 8.86. The fourth-order valence-corrected chi connectivity index (χ4v) is 4.30. The van der Waals surface area contributed by atoms with Crippen LogP contribution in [0.1, 0.15) is 56.4 Å². The Labute approximate surface area is 185 Å². The number of nitrogens with one attached hydrogen (secondary N) is 1. The molecule has 3 atom stereocenters. The standard InChI is InChI=1S/C22H27FN6O3/c1-22(2,3)29(21(31)32)16-9-4-13(11-24)18(10-16)28-12-17(19(25)30)20(27-28)26-15-7-5-14(23)6-8-15/h5-8,12-13,16,18H,4,9-10H2,1-3H3,(H2,25,30)(H,26,27)(H,31,32). The zero-order chi connectivity index (χ0) is 23.6. The molecule has 10 heteroatoms. The van der Waals surface area contributed by atoms with Gasteiger partial charge in [-0.05, 0) is 64.3 Å². The molecule has 9 nitrogen and oxygen atoms in total. The first kappa shape index (κ1) is 23.1. The van der Waals surface area contributed by atoms with Gasteiger partial charge in [-0.2, -0.15) is 10.4 Å². The Balaban J connectivity index is 1.94. The van der Waals surface area contributed by atoms with E-state index in [2.05, 4.69) is 16.5 Å². The number of nitrogens with two attached hydrogens (primary N) is 1. The van der Waals surface area contributed by atoms with Crippen molar-refractivity contribution in [3.05, 3.63) is 41.8 Å². The molecule has 1 fully saturated rings. The van der Waals surface area contributed by atoms with Crippen LogP contribution in [0.4, 0.5) is 20.7 Å². The van der Waals surface area contributed by atoms with Gasteiger partial charge < -0.3 is 21.1 Å². The summed E-state index contributed by atoms with van der Waals surface area (Å²) in [5.74, 6) is -1.32. The first-order valence-electron chi connectivity index (χ1n) is 10.3. The molecule has 1 saturated carbocycles. The van der Waals surface area contributed by atoms with Gasteiger partial charge in [0, 0.05) is 23.5 Å². The van der Waals surface area contributed by atoms with Gasteiger partial charge in [-0.3, -0.25) is 9.48 Å². The van der Waals surface area contributed by atoms with Crippen LogP contribution in [0.3, 0.4) is 0 Å². The summed E-state index contributed by atoms with van der Waals surface area (Å²) < 4.78 is 14.7. The maximum Gasteiger partial charge on any atom is 0.407 e. The van der Waals surface area contributed by atoms with Crippen LogP contribution in [0.2, 0.25) is 0 Å². The number of amides is 2. The van der Waals surface area contributed by atoms with Crippen LogP contribution in [-0.2, 0) is 0 Å². The van der Waals surface area contributed by atoms with Gasteiger partial charge in [0.05, 0.1) is 18.0 Å². The summed E-state index contributed by atoms with van der Waals surface area (Å²) in [6.07, 6.45) is 1.89. The molecule has 0 spiro atoms. The number of carbonyl (C=O) groups excluding carboxylic acids is 1. The second-order valence-corrected chi connectivity index (χ2v) is 8.96. The maximum atomic E-state index is 13.2. The SMILES string of the molecule is CC(C)(C)N(C(=O)O)C1CCC(C#N)C(n2cc(C(N)=O)c(Nc3ccc(F)cc3)n2)C1. The van der Waals surface area contributed by atoms with E-state index < -0.39 is 35.3 Å². The predicted octanol–water partition coefficient (Wildman–Crippen LogP) is 3.88. The Morgan fingerprint density at radius 2 is 1.97 bits per heavy atom. The van der Waals surface area contributed by atoms with Crippen LogP contribution >= 0.6 is 0 Å². The second-order valence-electron chi connectivity index (χ2n) is 8.96. The number of primary amides is 1. The zero-order valence-corrected chi connectivity index (χ0v) is 18.2. The van der Waals surface area contributed by atoms with Gasteiger partial charge in [-0.15, -0.1) is 0 Å². The van der Waals surface area contributed by atoms with Crippen molar-refractivity contribution in [3.63, 3.8) is 0 Å². The average Bonchev–Trinajstić information content (AvgIpc) is 3.12. The summed E-state index contributed by atoms with van der Waals surface area (Å²) in [6.45, 7) is 5.49. The number of rotatable bonds is 5. The molecule has 170 valence electrons. The highest BCUT2D eigenvalue weighted by molar-refractivity contribution is 5.98. The number of anilines is 2. The van der Waals surface area contributed by atoms with E-state index in [-0.39, 0.29) is 17.4 Å². The van der Waals surface area contributed by atoms with E-state index >= 15 is 0 Å². The smallest absolute Gasteiger partial charge is 0.407 e. The van der Waals surface area contributed by atoms with E-state index in [1.807, 2.05) is 20.8 Å². The third-order valence-corrected chi connectivity index (χ3v) is 5.69. The molecule has 32 heavy (non-hydrogen) atoms. The molecule has 3 unspecified atom stereocenters. The lowest BCUT2D eigenvalue weighted by atomic mass is 9.81. The monoisotopic (exact) mass is 442 g/mol. The van der Waals surface area contributed by atoms with Gasteiger partial charge in [0.1, 0.15) is 11.4 Å². The third-order valence-electron chi connectivity index (χ3n) is 5.69. The van der Waals surface area contributed by atoms with E-state index in [4.69, 9.17) is 5.73 Å². The number of hydrogen-bond donors (Lipinski definition) is 3. The van der Waals surface area contributed by atoms with E-state index in [1.54, 1.807) is 0 Å². The molecule has 1 heterocycles. The first-order valence-corrected chi connectivity index (χ1v) is 10.3. The van der Waals surface area contributed by atoms with Crippen molar-refractivity contribution in [2.24, 2.45) is 11.7 Å². The molecule has 1 aliphatic carbocycles. The molecule has 4 N–H and O–H groups in total. The third kappa shape index (κ3) is 4.82. The Morgan fingerprint density at radius 1 is 1.31 bits per heavy atom. The summed E-state index contributed by atoms with van der Waals surface area (Å²) in [6, 6.07) is 7.09. The minimum atomic E-state index is -1.02. The molecule has 1 aromatic heterocycles. The number of carboxylic acid groups (broad SMARTS) is 1. The molecular weight excluding hydrogens is 415 g/mol. The van der Waals surface area contributed by atoms with Crippen molar-refractivity contribution in [3.8, 4) is 6.07 Å². The number of nitrogens with zero attached hydrogens (tertiary/aromatic N) is 4. The van der Waals surface area contributed by atoms with Crippen molar-refractivity contribution >= 4 is 23.5 Å². The Morgan fingerprint density at radius 3 is 2.50 bits per heavy atom. The van der Waals surface area contributed by atoms with Gasteiger partial charge in [0.15, 0.2) is 5.82 Å². The van der Waals surface area contributed by atoms with E-state index in [1.165, 1.54) is 40.0 Å². The lowest BCUT2D eigenvalue weighted by Gasteiger charge is -2.44. The summed E-state index contributed by atoms with van der Waals surface area (Å²) in [5.41, 5.74) is 5.56. The van der Waals surface area contributed by atoms with E-state index in [0.29, 0.717) is 24.9 Å². The molecule has 1 aliphatic rings. The summed E-state index contributed by atoms with van der Waals surface area (Å²) in [4.78, 5) is 25.4. The molecule has 0 radical (unpaired) electrons. The van der Waals surface area contributed by atoms with Crippen molar-refractivity contribution < 1.29 is 19.1 Å². The van der Waals surface area contributed by atoms with Gasteiger partial charge in [-0.25, -0.2) is 9.18 Å². The topological polar surface area (TPSA) is 137 Å². The molecule has 0 aliphatic heterocycles. The fourth-order valence-electron chi connectivity index (χ4n) is 4.30. The zero-order valence-electron chi connectivity index (χ0n) is 18.2. The van der Waals surface area contributed by atoms with Crippen molar-refractivity contribution in [1.29, 1.82) is 5.26 Å². The molecule has 0 saturated heterocycles. The predicted molar refractivity (Wildman–Crippen MR) is 116 cm³/mol. The summed E-state index contributed by atoms with van der Waals surface area (Å²) in [5, 5.41) is 26.9. The molecule has 2 aromatic rings. The normalized spacial score (nSPS) is 20.9. The lowest BCUT2D eigenvalue weighted by molar-refractivity contribution is 0.0411. The van der Waals surface area contributed by atoms with Crippen molar-refractivity contribution in [2.75, 3.05) is 5.32 Å². The molecule has 1 aromatic carbocycles. The minimum Gasteiger partial charge on any atom is -0.465 e. The van der Waals surface area contributed by atoms with Crippen molar-refractivity contribution in [2.45, 2.75) is 57.7 Å². The van der Waals surface area contributed by atoms with Crippen LogP contribution in [0.5, 0.6) is 0 Å². The van der Waals surface area contributed by atoms with Gasteiger partial charge in [0.25, 0.3) is 5.91 Å². The van der Waals surface area contributed by atoms with Crippen LogP contribution in [0.25, 0.3) is 0 Å².